The first-order chi connectivity index (χ1) is 9.79. The number of nitrogens with zero attached hydrogens (tertiary/aromatic N) is 2. The predicted octanol–water partition coefficient (Wildman–Crippen LogP) is 1.54. The van der Waals surface area contributed by atoms with Crippen molar-refractivity contribution < 1.29 is 8.42 Å². The molecule has 1 fully saturated rings. The summed E-state index contributed by atoms with van der Waals surface area (Å²) in [5.41, 5.74) is 7.12. The van der Waals surface area contributed by atoms with Gasteiger partial charge in [0.15, 0.2) is 0 Å². The van der Waals surface area contributed by atoms with Crippen molar-refractivity contribution in [2.45, 2.75) is 24.7 Å². The average Bonchev–Trinajstić information content (AvgIpc) is 2.40. The number of anilines is 1. The van der Waals surface area contributed by atoms with E-state index in [4.69, 9.17) is 5.73 Å². The predicted molar refractivity (Wildman–Crippen MR) is 85.6 cm³/mol. The lowest BCUT2D eigenvalue weighted by Gasteiger charge is -2.31. The monoisotopic (exact) mass is 311 g/mol. The number of nitrogens with two attached hydrogens (primary N) is 1. The lowest BCUT2D eigenvalue weighted by atomic mass is 9.97. The topological polar surface area (TPSA) is 66.6 Å². The molecule has 0 radical (unpaired) electrons. The molecule has 0 unspecified atom stereocenters. The molecule has 0 aromatic heterocycles. The Labute approximate surface area is 127 Å². The Hall–Kier alpha value is -1.11. The van der Waals surface area contributed by atoms with Crippen LogP contribution in [0.25, 0.3) is 0 Å². The van der Waals surface area contributed by atoms with Crippen LogP contribution in [-0.2, 0) is 10.0 Å². The fourth-order valence-electron chi connectivity index (χ4n) is 2.81. The van der Waals surface area contributed by atoms with Crippen molar-refractivity contribution in [1.29, 1.82) is 0 Å². The van der Waals surface area contributed by atoms with E-state index in [2.05, 4.69) is 11.9 Å². The zero-order valence-electron chi connectivity index (χ0n) is 13.0. The second kappa shape index (κ2) is 6.34. The van der Waals surface area contributed by atoms with E-state index >= 15 is 0 Å². The Bertz CT molecular complexity index is 573. The van der Waals surface area contributed by atoms with E-state index in [0.29, 0.717) is 18.2 Å². The third kappa shape index (κ3) is 3.96. The Morgan fingerprint density at radius 2 is 1.90 bits per heavy atom. The van der Waals surface area contributed by atoms with Gasteiger partial charge in [0.1, 0.15) is 0 Å². The van der Waals surface area contributed by atoms with Crippen LogP contribution in [-0.4, -0.2) is 51.4 Å². The quantitative estimate of drug-likeness (QED) is 0.857. The van der Waals surface area contributed by atoms with Gasteiger partial charge in [0.25, 0.3) is 0 Å². The molecule has 0 atom stereocenters. The van der Waals surface area contributed by atoms with Crippen LogP contribution in [0.2, 0.25) is 0 Å². The van der Waals surface area contributed by atoms with Gasteiger partial charge in [-0.25, -0.2) is 12.7 Å². The number of sulfonamides is 1. The fraction of sp³-hybridized carbons (Fsp3) is 0.600. The number of hydrogen-bond acceptors (Lipinski definition) is 4. The molecule has 21 heavy (non-hydrogen) atoms. The van der Waals surface area contributed by atoms with E-state index in [1.54, 1.807) is 19.2 Å². The van der Waals surface area contributed by atoms with E-state index in [-0.39, 0.29) is 4.90 Å². The number of benzene rings is 1. The van der Waals surface area contributed by atoms with Gasteiger partial charge in [0, 0.05) is 19.3 Å². The summed E-state index contributed by atoms with van der Waals surface area (Å²) in [5, 5.41) is 0. The van der Waals surface area contributed by atoms with Gasteiger partial charge in [-0.3, -0.25) is 0 Å². The van der Waals surface area contributed by atoms with Crippen LogP contribution in [0.15, 0.2) is 23.1 Å². The van der Waals surface area contributed by atoms with Crippen molar-refractivity contribution in [1.82, 2.24) is 9.21 Å². The Morgan fingerprint density at radius 3 is 2.48 bits per heavy atom. The van der Waals surface area contributed by atoms with Crippen molar-refractivity contribution in [2.75, 3.05) is 39.5 Å². The molecule has 1 heterocycles. The summed E-state index contributed by atoms with van der Waals surface area (Å²) in [5.74, 6) is 0.433. The van der Waals surface area contributed by atoms with Crippen molar-refractivity contribution in [3.63, 3.8) is 0 Å². The van der Waals surface area contributed by atoms with Crippen molar-refractivity contribution in [3.05, 3.63) is 23.8 Å². The van der Waals surface area contributed by atoms with Gasteiger partial charge in [-0.1, -0.05) is 0 Å². The van der Waals surface area contributed by atoms with Crippen molar-refractivity contribution in [3.8, 4) is 0 Å². The Balaban J connectivity index is 2.11. The van der Waals surface area contributed by atoms with Crippen LogP contribution in [0.1, 0.15) is 18.4 Å². The number of likely N-dealkylation sites (tertiary alicyclic amines) is 1. The highest BCUT2D eigenvalue weighted by atomic mass is 32.2. The minimum Gasteiger partial charge on any atom is -0.399 e. The highest BCUT2D eigenvalue weighted by Crippen LogP contribution is 2.23. The second-order valence-corrected chi connectivity index (χ2v) is 8.16. The third-order valence-corrected chi connectivity index (χ3v) is 5.94. The fourth-order valence-corrected chi connectivity index (χ4v) is 4.20. The molecule has 0 saturated carbocycles. The van der Waals surface area contributed by atoms with Gasteiger partial charge in [0.05, 0.1) is 4.90 Å². The molecule has 118 valence electrons. The van der Waals surface area contributed by atoms with Crippen LogP contribution in [0, 0.1) is 12.8 Å². The zero-order chi connectivity index (χ0) is 15.6. The van der Waals surface area contributed by atoms with Crippen LogP contribution < -0.4 is 5.73 Å². The van der Waals surface area contributed by atoms with Gasteiger partial charge < -0.3 is 10.6 Å². The normalized spacial score (nSPS) is 18.3. The van der Waals surface area contributed by atoms with E-state index < -0.39 is 10.0 Å². The lowest BCUT2D eigenvalue weighted by Crippen LogP contribution is -2.38. The molecule has 1 aromatic carbocycles. The molecule has 0 aliphatic carbocycles. The van der Waals surface area contributed by atoms with E-state index in [0.717, 1.165) is 31.5 Å². The molecule has 5 nitrogen and oxygen atoms in total. The summed E-state index contributed by atoms with van der Waals surface area (Å²) in [6.45, 7) is 4.50. The average molecular weight is 311 g/mol. The van der Waals surface area contributed by atoms with E-state index in [1.165, 1.54) is 10.4 Å². The molecular formula is C15H25N3O2S. The first kappa shape index (κ1) is 16.3. The Kier molecular flexibility index (Phi) is 4.91. The molecule has 1 aliphatic rings. The van der Waals surface area contributed by atoms with Gasteiger partial charge in [-0.15, -0.1) is 0 Å². The zero-order valence-corrected chi connectivity index (χ0v) is 13.9. The van der Waals surface area contributed by atoms with Gasteiger partial charge >= 0.3 is 0 Å². The number of piperidine rings is 1. The van der Waals surface area contributed by atoms with Crippen LogP contribution in [0.4, 0.5) is 5.69 Å². The molecule has 2 N–H and O–H groups in total. The van der Waals surface area contributed by atoms with Crippen LogP contribution >= 0.6 is 0 Å². The van der Waals surface area contributed by atoms with Gasteiger partial charge in [0.2, 0.25) is 10.0 Å². The highest BCUT2D eigenvalue weighted by Gasteiger charge is 2.26. The lowest BCUT2D eigenvalue weighted by molar-refractivity contribution is 0.202. The largest absolute Gasteiger partial charge is 0.399 e. The third-order valence-electron chi connectivity index (χ3n) is 4.13. The maximum atomic E-state index is 12.6. The van der Waals surface area contributed by atoms with E-state index in [1.807, 2.05) is 6.92 Å². The maximum absolute atomic E-state index is 12.6. The minimum absolute atomic E-state index is 0.287. The summed E-state index contributed by atoms with van der Waals surface area (Å²) in [6.07, 6.45) is 2.10. The first-order valence-electron chi connectivity index (χ1n) is 7.31. The van der Waals surface area contributed by atoms with Crippen LogP contribution in [0.5, 0.6) is 0 Å². The number of aryl methyl sites for hydroxylation is 1. The molecule has 1 saturated heterocycles. The molecule has 6 heteroatoms. The van der Waals surface area contributed by atoms with Crippen LogP contribution in [0.3, 0.4) is 0 Å². The summed E-state index contributed by atoms with van der Waals surface area (Å²) < 4.78 is 26.7. The van der Waals surface area contributed by atoms with Crippen molar-refractivity contribution in [2.24, 2.45) is 5.92 Å². The summed E-state index contributed by atoms with van der Waals surface area (Å²) in [4.78, 5) is 2.57. The standard InChI is InChI=1S/C15H25N3O2S/c1-12-8-14(16)10-15(9-12)21(19,20)18(3)11-13-4-6-17(2)7-5-13/h8-10,13H,4-7,11,16H2,1-3H3. The van der Waals surface area contributed by atoms with E-state index in [9.17, 15) is 8.42 Å². The Morgan fingerprint density at radius 1 is 1.29 bits per heavy atom. The molecular weight excluding hydrogens is 286 g/mol. The summed E-state index contributed by atoms with van der Waals surface area (Å²) >= 11 is 0. The number of hydrogen-bond donors (Lipinski definition) is 1. The smallest absolute Gasteiger partial charge is 0.242 e. The molecule has 0 bridgehead atoms. The molecule has 1 aromatic rings. The highest BCUT2D eigenvalue weighted by molar-refractivity contribution is 7.89. The second-order valence-electron chi connectivity index (χ2n) is 6.11. The number of rotatable bonds is 4. The maximum Gasteiger partial charge on any atom is 0.242 e. The van der Waals surface area contributed by atoms with Gasteiger partial charge in [-0.2, -0.15) is 0 Å². The molecule has 0 spiro atoms. The minimum atomic E-state index is -3.46. The molecule has 2 rings (SSSR count). The summed E-state index contributed by atoms with van der Waals surface area (Å²) in [7, 11) is 0.305. The summed E-state index contributed by atoms with van der Waals surface area (Å²) in [6, 6.07) is 4.99. The molecule has 1 aliphatic heterocycles. The van der Waals surface area contributed by atoms with Crippen molar-refractivity contribution >= 4 is 15.7 Å². The first-order valence-corrected chi connectivity index (χ1v) is 8.75. The number of nitrogen functional groups attached to an aromatic ring is 1. The SMILES string of the molecule is Cc1cc(N)cc(S(=O)(=O)N(C)CC2CCN(C)CC2)c1. The molecule has 0 amide bonds. The van der Waals surface area contributed by atoms with Gasteiger partial charge in [-0.05, 0) is 69.6 Å².